The molecule has 2 heterocycles. The maximum atomic E-state index is 5.78. The second-order valence-corrected chi connectivity index (χ2v) is 4.90. The maximum absolute atomic E-state index is 5.78. The van der Waals surface area contributed by atoms with Gasteiger partial charge in [0.15, 0.2) is 0 Å². The van der Waals surface area contributed by atoms with Crippen molar-refractivity contribution in [2.24, 2.45) is 5.73 Å². The number of nitrogens with zero attached hydrogens (tertiary/aromatic N) is 2. The Morgan fingerprint density at radius 1 is 1.47 bits per heavy atom. The highest BCUT2D eigenvalue weighted by Crippen LogP contribution is 2.34. The summed E-state index contributed by atoms with van der Waals surface area (Å²) >= 11 is 1.53. The van der Waals surface area contributed by atoms with Crippen molar-refractivity contribution in [1.29, 1.82) is 0 Å². The lowest BCUT2D eigenvalue weighted by Crippen LogP contribution is -2.09. The molecule has 0 bridgehead atoms. The van der Waals surface area contributed by atoms with Crippen LogP contribution in [0.2, 0.25) is 0 Å². The first-order valence-corrected chi connectivity index (χ1v) is 6.29. The number of hydrogen-bond acceptors (Lipinski definition) is 5. The average molecular weight is 249 g/mol. The first kappa shape index (κ1) is 12.1. The van der Waals surface area contributed by atoms with Crippen molar-refractivity contribution < 1.29 is 4.42 Å². The van der Waals surface area contributed by atoms with Crippen LogP contribution in [0.5, 0.6) is 0 Å². The van der Waals surface area contributed by atoms with Crippen LogP contribution < -0.4 is 5.73 Å². The summed E-state index contributed by atoms with van der Waals surface area (Å²) in [4.78, 5) is 8.44. The topological polar surface area (TPSA) is 64.9 Å². The van der Waals surface area contributed by atoms with E-state index in [0.29, 0.717) is 11.8 Å². The van der Waals surface area contributed by atoms with Gasteiger partial charge in [-0.2, -0.15) is 0 Å². The summed E-state index contributed by atoms with van der Waals surface area (Å²) < 4.78 is 5.54. The lowest BCUT2D eigenvalue weighted by atomic mass is 10.2. The van der Waals surface area contributed by atoms with Crippen LogP contribution in [0.1, 0.15) is 22.3 Å². The summed E-state index contributed by atoms with van der Waals surface area (Å²) in [7, 11) is 0. The van der Waals surface area contributed by atoms with E-state index < -0.39 is 0 Å². The molecule has 0 radical (unpaired) electrons. The van der Waals surface area contributed by atoms with Crippen molar-refractivity contribution in [2.45, 2.75) is 24.3 Å². The summed E-state index contributed by atoms with van der Waals surface area (Å²) in [5.41, 5.74) is 7.80. The number of oxazole rings is 1. The molecular formula is C12H15N3OS. The third-order valence-corrected chi connectivity index (χ3v) is 3.65. The highest BCUT2D eigenvalue weighted by atomic mass is 32.2. The van der Waals surface area contributed by atoms with Gasteiger partial charge in [0, 0.05) is 18.9 Å². The Morgan fingerprint density at radius 2 is 2.29 bits per heavy atom. The van der Waals surface area contributed by atoms with E-state index >= 15 is 0 Å². The van der Waals surface area contributed by atoms with Gasteiger partial charge < -0.3 is 10.2 Å². The number of aromatic nitrogens is 2. The van der Waals surface area contributed by atoms with Crippen molar-refractivity contribution in [3.63, 3.8) is 0 Å². The van der Waals surface area contributed by atoms with Crippen LogP contribution >= 0.6 is 11.8 Å². The zero-order valence-corrected chi connectivity index (χ0v) is 10.7. The van der Waals surface area contributed by atoms with Gasteiger partial charge in [-0.15, -0.1) is 0 Å². The summed E-state index contributed by atoms with van der Waals surface area (Å²) in [6.45, 7) is 4.37. The van der Waals surface area contributed by atoms with Crippen molar-refractivity contribution in [1.82, 2.24) is 9.97 Å². The molecule has 90 valence electrons. The quantitative estimate of drug-likeness (QED) is 0.843. The molecule has 2 rings (SSSR count). The normalized spacial score (nSPS) is 12.6. The fourth-order valence-electron chi connectivity index (χ4n) is 1.43. The van der Waals surface area contributed by atoms with E-state index in [1.807, 2.05) is 32.2 Å². The number of hydrogen-bond donors (Lipinski definition) is 1. The van der Waals surface area contributed by atoms with Gasteiger partial charge >= 0.3 is 0 Å². The van der Waals surface area contributed by atoms with Crippen molar-refractivity contribution >= 4 is 11.8 Å². The lowest BCUT2D eigenvalue weighted by Gasteiger charge is -2.11. The summed E-state index contributed by atoms with van der Waals surface area (Å²) in [5, 5.41) is 0.792. The zero-order chi connectivity index (χ0) is 12.3. The third kappa shape index (κ3) is 2.87. The minimum absolute atomic E-state index is 0.126. The smallest absolute Gasteiger partial charge is 0.256 e. The van der Waals surface area contributed by atoms with Crippen LogP contribution in [0.15, 0.2) is 34.2 Å². The highest BCUT2D eigenvalue weighted by Gasteiger charge is 2.15. The molecule has 0 saturated carbocycles. The second kappa shape index (κ2) is 5.33. The summed E-state index contributed by atoms with van der Waals surface area (Å²) in [6.07, 6.45) is 3.58. The van der Waals surface area contributed by atoms with Gasteiger partial charge in [0.2, 0.25) is 0 Å². The van der Waals surface area contributed by atoms with E-state index in [4.69, 9.17) is 10.2 Å². The van der Waals surface area contributed by atoms with Gasteiger partial charge in [-0.25, -0.2) is 4.98 Å². The molecule has 17 heavy (non-hydrogen) atoms. The minimum atomic E-state index is 0.126. The molecule has 2 aromatic rings. The fourth-order valence-corrected chi connectivity index (χ4v) is 2.41. The van der Waals surface area contributed by atoms with E-state index in [-0.39, 0.29) is 5.25 Å². The Balaban J connectivity index is 2.15. The molecular weight excluding hydrogens is 234 g/mol. The predicted molar refractivity (Wildman–Crippen MR) is 67.9 cm³/mol. The van der Waals surface area contributed by atoms with Crippen LogP contribution in [0.25, 0.3) is 0 Å². The Morgan fingerprint density at radius 3 is 2.82 bits per heavy atom. The van der Waals surface area contributed by atoms with E-state index in [1.165, 1.54) is 11.8 Å². The lowest BCUT2D eigenvalue weighted by molar-refractivity contribution is 0.430. The molecule has 0 aliphatic rings. The standard InChI is InChI=1S/C12H15N3OS/c1-8-9(2)16-12(15-8)17-11(6-13)10-4-3-5-14-7-10/h3-5,7,11H,6,13H2,1-2H3. The summed E-state index contributed by atoms with van der Waals surface area (Å²) in [5.74, 6) is 0.856. The number of nitrogens with two attached hydrogens (primary N) is 1. The van der Waals surface area contributed by atoms with E-state index in [9.17, 15) is 0 Å². The molecule has 0 spiro atoms. The Bertz CT molecular complexity index is 464. The molecule has 4 nitrogen and oxygen atoms in total. The van der Waals surface area contributed by atoms with Crippen LogP contribution in [-0.2, 0) is 0 Å². The number of aryl methyl sites for hydroxylation is 2. The van der Waals surface area contributed by atoms with Gasteiger partial charge in [-0.3, -0.25) is 4.98 Å². The monoisotopic (exact) mass is 249 g/mol. The molecule has 2 aromatic heterocycles. The molecule has 5 heteroatoms. The molecule has 0 fully saturated rings. The molecule has 0 saturated heterocycles. The van der Waals surface area contributed by atoms with Crippen LogP contribution in [-0.4, -0.2) is 16.5 Å². The van der Waals surface area contributed by atoms with Crippen LogP contribution in [0.4, 0.5) is 0 Å². The molecule has 1 unspecified atom stereocenters. The molecule has 0 aliphatic carbocycles. The van der Waals surface area contributed by atoms with Crippen LogP contribution in [0.3, 0.4) is 0 Å². The highest BCUT2D eigenvalue weighted by molar-refractivity contribution is 7.99. The van der Waals surface area contributed by atoms with E-state index in [1.54, 1.807) is 6.20 Å². The van der Waals surface area contributed by atoms with E-state index in [2.05, 4.69) is 9.97 Å². The van der Waals surface area contributed by atoms with Crippen molar-refractivity contribution in [3.8, 4) is 0 Å². The maximum Gasteiger partial charge on any atom is 0.256 e. The predicted octanol–water partition coefficient (Wildman–Crippen LogP) is 2.48. The SMILES string of the molecule is Cc1nc(SC(CN)c2cccnc2)oc1C. The van der Waals surface area contributed by atoms with E-state index in [0.717, 1.165) is 17.0 Å². The zero-order valence-electron chi connectivity index (χ0n) is 9.88. The van der Waals surface area contributed by atoms with Gasteiger partial charge in [0.1, 0.15) is 5.76 Å². The number of rotatable bonds is 4. The minimum Gasteiger partial charge on any atom is -0.437 e. The molecule has 1 atom stereocenters. The van der Waals surface area contributed by atoms with Gasteiger partial charge in [0.05, 0.1) is 10.9 Å². The van der Waals surface area contributed by atoms with Crippen molar-refractivity contribution in [3.05, 3.63) is 41.5 Å². The molecule has 2 N–H and O–H groups in total. The second-order valence-electron chi connectivity index (χ2n) is 3.75. The molecule has 0 aliphatic heterocycles. The molecule has 0 amide bonds. The van der Waals surface area contributed by atoms with Gasteiger partial charge in [-0.1, -0.05) is 17.8 Å². The first-order chi connectivity index (χ1) is 8.20. The Labute approximate surface area is 105 Å². The first-order valence-electron chi connectivity index (χ1n) is 5.41. The Kier molecular flexibility index (Phi) is 3.81. The van der Waals surface area contributed by atoms with Gasteiger partial charge in [-0.05, 0) is 25.5 Å². The molecule has 0 aromatic carbocycles. The van der Waals surface area contributed by atoms with Crippen molar-refractivity contribution in [2.75, 3.05) is 6.54 Å². The van der Waals surface area contributed by atoms with Crippen LogP contribution in [0, 0.1) is 13.8 Å². The number of thioether (sulfide) groups is 1. The fraction of sp³-hybridized carbons (Fsp3) is 0.333. The van der Waals surface area contributed by atoms with Gasteiger partial charge in [0.25, 0.3) is 5.22 Å². The average Bonchev–Trinajstić information content (AvgIpc) is 2.67. The third-order valence-electron chi connectivity index (χ3n) is 2.52. The summed E-state index contributed by atoms with van der Waals surface area (Å²) in [6, 6.07) is 3.92. The largest absolute Gasteiger partial charge is 0.437 e. The number of pyridine rings is 1. The Hall–Kier alpha value is -1.33.